The molecule has 1 amide bonds. The molecule has 0 spiro atoms. The van der Waals surface area contributed by atoms with Gasteiger partial charge in [0, 0.05) is 17.8 Å². The van der Waals surface area contributed by atoms with E-state index in [1.54, 1.807) is 43.3 Å². The number of hydrogen-bond acceptors (Lipinski definition) is 5. The molecule has 0 saturated heterocycles. The minimum atomic E-state index is -3.65. The Morgan fingerprint density at radius 1 is 1.03 bits per heavy atom. The molecule has 1 atom stereocenters. The number of carbonyl (C=O) groups is 1. The first kappa shape index (κ1) is 23.3. The van der Waals surface area contributed by atoms with Crippen LogP contribution >= 0.6 is 11.6 Å². The summed E-state index contributed by atoms with van der Waals surface area (Å²) in [5.74, 6) is -0.484. The molecule has 0 heterocycles. The Morgan fingerprint density at radius 2 is 1.62 bits per heavy atom. The predicted octanol–water partition coefficient (Wildman–Crippen LogP) is 2.38. The number of hydrogen-bond donors (Lipinski definition) is 1. The summed E-state index contributed by atoms with van der Waals surface area (Å²) in [5.41, 5.74) is 1.29. The summed E-state index contributed by atoms with van der Waals surface area (Å²) in [5, 5.41) is 3.15. The molecule has 2 aromatic rings. The number of sulfonamides is 1. The van der Waals surface area contributed by atoms with E-state index < -0.39 is 31.8 Å². The van der Waals surface area contributed by atoms with Crippen LogP contribution in [-0.4, -0.2) is 46.1 Å². The number of halogens is 1. The summed E-state index contributed by atoms with van der Waals surface area (Å²) in [6, 6.07) is 12.5. The molecule has 0 saturated carbocycles. The maximum Gasteiger partial charge on any atom is 0.235 e. The van der Waals surface area contributed by atoms with E-state index in [2.05, 4.69) is 5.32 Å². The van der Waals surface area contributed by atoms with Gasteiger partial charge in [-0.05, 0) is 36.2 Å². The minimum Gasteiger partial charge on any atom is -0.348 e. The van der Waals surface area contributed by atoms with Crippen LogP contribution in [0, 0.1) is 0 Å². The Bertz CT molecular complexity index is 1080. The fourth-order valence-electron chi connectivity index (χ4n) is 2.64. The standard InChI is InChI=1S/C19H23ClN2O5S2/c1-14(15-8-10-17(11-9-15)28(2,24)25)21-19(23)13-22(29(3,26)27)12-16-6-4-5-7-18(16)20/h4-11,14H,12-13H2,1-3H3,(H,21,23)/t14-/m1/s1. The highest BCUT2D eigenvalue weighted by Crippen LogP contribution is 2.19. The lowest BCUT2D eigenvalue weighted by atomic mass is 10.1. The van der Waals surface area contributed by atoms with Crippen molar-refractivity contribution in [3.63, 3.8) is 0 Å². The number of nitrogens with zero attached hydrogens (tertiary/aromatic N) is 1. The Labute approximate surface area is 176 Å². The fourth-order valence-corrected chi connectivity index (χ4v) is 4.19. The number of amides is 1. The van der Waals surface area contributed by atoms with E-state index in [9.17, 15) is 21.6 Å². The molecule has 7 nitrogen and oxygen atoms in total. The van der Waals surface area contributed by atoms with Gasteiger partial charge in [-0.1, -0.05) is 41.9 Å². The van der Waals surface area contributed by atoms with Crippen LogP contribution in [0.4, 0.5) is 0 Å². The summed E-state index contributed by atoms with van der Waals surface area (Å²) < 4.78 is 48.4. The number of rotatable bonds is 8. The zero-order chi connectivity index (χ0) is 21.8. The Balaban J connectivity index is 2.09. The van der Waals surface area contributed by atoms with Crippen molar-refractivity contribution < 1.29 is 21.6 Å². The lowest BCUT2D eigenvalue weighted by Gasteiger charge is -2.22. The summed E-state index contributed by atoms with van der Waals surface area (Å²) in [6.07, 6.45) is 2.15. The van der Waals surface area contributed by atoms with Gasteiger partial charge < -0.3 is 5.32 Å². The third-order valence-corrected chi connectivity index (χ3v) is 6.97. The molecule has 0 fully saturated rings. The molecular formula is C19H23ClN2O5S2. The van der Waals surface area contributed by atoms with Crippen LogP contribution in [0.25, 0.3) is 0 Å². The fraction of sp³-hybridized carbons (Fsp3) is 0.316. The average molecular weight is 459 g/mol. The van der Waals surface area contributed by atoms with Crippen LogP contribution in [0.5, 0.6) is 0 Å². The SMILES string of the molecule is C[C@@H](NC(=O)CN(Cc1ccccc1Cl)S(C)(=O)=O)c1ccc(S(C)(=O)=O)cc1. The van der Waals surface area contributed by atoms with Gasteiger partial charge >= 0.3 is 0 Å². The minimum absolute atomic E-state index is 0.0244. The molecule has 2 aromatic carbocycles. The second-order valence-electron chi connectivity index (χ2n) is 6.75. The first-order chi connectivity index (χ1) is 13.4. The van der Waals surface area contributed by atoms with Crippen LogP contribution in [0.1, 0.15) is 24.1 Å². The van der Waals surface area contributed by atoms with Crippen LogP contribution in [0.15, 0.2) is 53.4 Å². The van der Waals surface area contributed by atoms with Crippen LogP contribution < -0.4 is 5.32 Å². The van der Waals surface area contributed by atoms with E-state index in [0.29, 0.717) is 16.1 Å². The van der Waals surface area contributed by atoms with E-state index in [0.717, 1.165) is 16.8 Å². The first-order valence-electron chi connectivity index (χ1n) is 8.66. The lowest BCUT2D eigenvalue weighted by molar-refractivity contribution is -0.122. The predicted molar refractivity (Wildman–Crippen MR) is 113 cm³/mol. The largest absolute Gasteiger partial charge is 0.348 e. The van der Waals surface area contributed by atoms with Gasteiger partial charge in [0.2, 0.25) is 15.9 Å². The zero-order valence-electron chi connectivity index (χ0n) is 16.3. The number of carbonyl (C=O) groups excluding carboxylic acids is 1. The second kappa shape index (κ2) is 9.25. The maximum atomic E-state index is 12.4. The van der Waals surface area contributed by atoms with E-state index in [-0.39, 0.29) is 18.0 Å². The highest BCUT2D eigenvalue weighted by atomic mass is 35.5. The van der Waals surface area contributed by atoms with Crippen LogP contribution in [-0.2, 0) is 31.2 Å². The number of nitrogens with one attached hydrogen (secondary N) is 1. The van der Waals surface area contributed by atoms with Crippen molar-refractivity contribution in [1.29, 1.82) is 0 Å². The Kier molecular flexibility index (Phi) is 7.45. The molecule has 0 aliphatic carbocycles. The topological polar surface area (TPSA) is 101 Å². The molecule has 2 rings (SSSR count). The Hall–Kier alpha value is -1.94. The number of benzene rings is 2. The van der Waals surface area contributed by atoms with Gasteiger partial charge in [-0.2, -0.15) is 4.31 Å². The molecule has 1 N–H and O–H groups in total. The quantitative estimate of drug-likeness (QED) is 0.654. The highest BCUT2D eigenvalue weighted by molar-refractivity contribution is 7.90. The molecule has 0 unspecified atom stereocenters. The Morgan fingerprint density at radius 3 is 2.14 bits per heavy atom. The van der Waals surface area contributed by atoms with Crippen LogP contribution in [0.2, 0.25) is 5.02 Å². The first-order valence-corrected chi connectivity index (χ1v) is 12.8. The van der Waals surface area contributed by atoms with Gasteiger partial charge in [-0.15, -0.1) is 0 Å². The van der Waals surface area contributed by atoms with Crippen molar-refractivity contribution in [2.75, 3.05) is 19.1 Å². The van der Waals surface area contributed by atoms with Crippen molar-refractivity contribution in [3.8, 4) is 0 Å². The maximum absolute atomic E-state index is 12.4. The van der Waals surface area contributed by atoms with Gasteiger partial charge in [0.05, 0.1) is 23.7 Å². The highest BCUT2D eigenvalue weighted by Gasteiger charge is 2.22. The third-order valence-electron chi connectivity index (χ3n) is 4.28. The van der Waals surface area contributed by atoms with Crippen LogP contribution in [0.3, 0.4) is 0 Å². The van der Waals surface area contributed by atoms with Crippen molar-refractivity contribution in [3.05, 3.63) is 64.7 Å². The zero-order valence-corrected chi connectivity index (χ0v) is 18.7. The molecule has 0 aliphatic heterocycles. The lowest BCUT2D eigenvalue weighted by Crippen LogP contribution is -2.40. The van der Waals surface area contributed by atoms with E-state index in [4.69, 9.17) is 11.6 Å². The molecule has 29 heavy (non-hydrogen) atoms. The van der Waals surface area contributed by atoms with Crippen molar-refractivity contribution >= 4 is 37.4 Å². The van der Waals surface area contributed by atoms with Gasteiger partial charge in [0.15, 0.2) is 9.84 Å². The van der Waals surface area contributed by atoms with Crippen molar-refractivity contribution in [1.82, 2.24) is 9.62 Å². The summed E-state index contributed by atoms with van der Waals surface area (Å²) in [7, 11) is -6.96. The molecule has 0 aliphatic rings. The van der Waals surface area contributed by atoms with Gasteiger partial charge in [-0.3, -0.25) is 4.79 Å². The third kappa shape index (κ3) is 6.81. The van der Waals surface area contributed by atoms with Crippen molar-refractivity contribution in [2.45, 2.75) is 24.4 Å². The van der Waals surface area contributed by atoms with E-state index >= 15 is 0 Å². The second-order valence-corrected chi connectivity index (χ2v) is 11.2. The summed E-state index contributed by atoms with van der Waals surface area (Å²) >= 11 is 6.10. The summed E-state index contributed by atoms with van der Waals surface area (Å²) in [4.78, 5) is 12.6. The molecule has 10 heteroatoms. The molecular weight excluding hydrogens is 436 g/mol. The molecule has 0 bridgehead atoms. The van der Waals surface area contributed by atoms with Gasteiger partial charge in [0.25, 0.3) is 0 Å². The molecule has 158 valence electrons. The van der Waals surface area contributed by atoms with Gasteiger partial charge in [0.1, 0.15) is 0 Å². The monoisotopic (exact) mass is 458 g/mol. The smallest absolute Gasteiger partial charge is 0.235 e. The van der Waals surface area contributed by atoms with Crippen molar-refractivity contribution in [2.24, 2.45) is 0 Å². The van der Waals surface area contributed by atoms with E-state index in [1.165, 1.54) is 12.1 Å². The normalized spacial score (nSPS) is 13.3. The average Bonchev–Trinajstić information content (AvgIpc) is 2.61. The number of sulfone groups is 1. The van der Waals surface area contributed by atoms with Gasteiger partial charge in [-0.25, -0.2) is 16.8 Å². The molecule has 0 aromatic heterocycles. The molecule has 0 radical (unpaired) electrons. The van der Waals surface area contributed by atoms with E-state index in [1.807, 2.05) is 0 Å². The summed E-state index contributed by atoms with van der Waals surface area (Å²) in [6.45, 7) is 1.34.